The van der Waals surface area contributed by atoms with Gasteiger partial charge in [0.25, 0.3) is 0 Å². The van der Waals surface area contributed by atoms with Crippen molar-refractivity contribution in [3.05, 3.63) is 60.2 Å². The van der Waals surface area contributed by atoms with Crippen molar-refractivity contribution in [1.29, 1.82) is 0 Å². The van der Waals surface area contributed by atoms with E-state index in [1.807, 2.05) is 0 Å². The van der Waals surface area contributed by atoms with Gasteiger partial charge in [-0.1, -0.05) is 30.3 Å². The summed E-state index contributed by atoms with van der Waals surface area (Å²) in [6, 6.07) is 14.9. The maximum absolute atomic E-state index is 13.0. The van der Waals surface area contributed by atoms with E-state index in [9.17, 15) is 13.2 Å². The second kappa shape index (κ2) is 6.65. The molecule has 1 fully saturated rings. The minimum atomic E-state index is -3.54. The number of methoxy groups -OCH3 is 1. The van der Waals surface area contributed by atoms with Crippen LogP contribution in [0.5, 0.6) is 5.75 Å². The van der Waals surface area contributed by atoms with Crippen LogP contribution in [-0.2, 0) is 14.6 Å². The van der Waals surface area contributed by atoms with Gasteiger partial charge in [0.15, 0.2) is 9.84 Å². The van der Waals surface area contributed by atoms with E-state index < -0.39 is 21.1 Å². The van der Waals surface area contributed by atoms with E-state index in [0.29, 0.717) is 12.2 Å². The number of ether oxygens (including phenoxy) is 1. The highest BCUT2D eigenvalue weighted by Gasteiger charge is 2.39. The van der Waals surface area contributed by atoms with Gasteiger partial charge in [0.05, 0.1) is 23.3 Å². The van der Waals surface area contributed by atoms with Crippen LogP contribution in [0.3, 0.4) is 0 Å². The van der Waals surface area contributed by atoms with Crippen LogP contribution in [-0.4, -0.2) is 26.7 Å². The van der Waals surface area contributed by atoms with E-state index in [2.05, 4.69) is 5.32 Å². The van der Waals surface area contributed by atoms with Gasteiger partial charge >= 0.3 is 0 Å². The fourth-order valence-electron chi connectivity index (χ4n) is 3.01. The Kier molecular flexibility index (Phi) is 4.57. The molecule has 0 radical (unpaired) electrons. The molecule has 1 aliphatic rings. The van der Waals surface area contributed by atoms with Crippen molar-refractivity contribution < 1.29 is 17.9 Å². The highest BCUT2D eigenvalue weighted by molar-refractivity contribution is 7.92. The van der Waals surface area contributed by atoms with Crippen LogP contribution in [0.15, 0.2) is 59.5 Å². The second-order valence-corrected chi connectivity index (χ2v) is 7.92. The van der Waals surface area contributed by atoms with Crippen molar-refractivity contribution in [2.24, 2.45) is 0 Å². The van der Waals surface area contributed by atoms with Crippen LogP contribution in [0.2, 0.25) is 0 Å². The standard InChI is InChI=1S/C18H19NO4S/c1-23-14-9-7-13(8-10-14)18-16(11-12-17(20)19-18)24(21,22)15-5-3-2-4-6-15/h2-10,16,18H,11-12H2,1H3,(H,19,20)/t16-,18+/m0/s1. The van der Waals surface area contributed by atoms with Crippen molar-refractivity contribution in [2.75, 3.05) is 7.11 Å². The maximum Gasteiger partial charge on any atom is 0.220 e. The molecule has 0 bridgehead atoms. The highest BCUT2D eigenvalue weighted by Crippen LogP contribution is 2.33. The monoisotopic (exact) mass is 345 g/mol. The summed E-state index contributed by atoms with van der Waals surface area (Å²) >= 11 is 0. The molecule has 24 heavy (non-hydrogen) atoms. The Bertz CT molecular complexity index is 816. The molecule has 0 aromatic heterocycles. The minimum absolute atomic E-state index is 0.129. The summed E-state index contributed by atoms with van der Waals surface area (Å²) < 4.78 is 31.2. The lowest BCUT2D eigenvalue weighted by molar-refractivity contribution is -0.123. The SMILES string of the molecule is COc1ccc([C@H]2NC(=O)CC[C@@H]2S(=O)(=O)c2ccccc2)cc1. The van der Waals surface area contributed by atoms with Crippen molar-refractivity contribution in [2.45, 2.75) is 29.0 Å². The molecular weight excluding hydrogens is 326 g/mol. The van der Waals surface area contributed by atoms with E-state index in [1.165, 1.54) is 0 Å². The number of benzene rings is 2. The smallest absolute Gasteiger partial charge is 0.220 e. The molecule has 2 atom stereocenters. The molecule has 2 aromatic rings. The van der Waals surface area contributed by atoms with Gasteiger partial charge < -0.3 is 10.1 Å². The van der Waals surface area contributed by atoms with E-state index in [1.54, 1.807) is 61.7 Å². The van der Waals surface area contributed by atoms with Gasteiger partial charge in [-0.15, -0.1) is 0 Å². The quantitative estimate of drug-likeness (QED) is 0.924. The van der Waals surface area contributed by atoms with Gasteiger partial charge in [0, 0.05) is 6.42 Å². The van der Waals surface area contributed by atoms with Crippen molar-refractivity contribution >= 4 is 15.7 Å². The summed E-state index contributed by atoms with van der Waals surface area (Å²) in [4.78, 5) is 12.1. The lowest BCUT2D eigenvalue weighted by Crippen LogP contribution is -2.45. The van der Waals surface area contributed by atoms with Gasteiger partial charge in [-0.25, -0.2) is 8.42 Å². The Morgan fingerprint density at radius 3 is 2.33 bits per heavy atom. The summed E-state index contributed by atoms with van der Waals surface area (Å²) in [5.41, 5.74) is 0.758. The second-order valence-electron chi connectivity index (χ2n) is 5.75. The normalized spacial score (nSPS) is 21.1. The van der Waals surface area contributed by atoms with Crippen molar-refractivity contribution in [1.82, 2.24) is 5.32 Å². The molecule has 0 saturated carbocycles. The van der Waals surface area contributed by atoms with Gasteiger partial charge in [-0.2, -0.15) is 0 Å². The largest absolute Gasteiger partial charge is 0.497 e. The summed E-state index contributed by atoms with van der Waals surface area (Å²) in [5, 5.41) is 2.15. The summed E-state index contributed by atoms with van der Waals surface area (Å²) in [5.74, 6) is 0.554. The van der Waals surface area contributed by atoms with Crippen molar-refractivity contribution in [3.63, 3.8) is 0 Å². The van der Waals surface area contributed by atoms with E-state index in [-0.39, 0.29) is 17.2 Å². The third-order valence-corrected chi connectivity index (χ3v) is 6.52. The number of carbonyl (C=O) groups excluding carboxylic acids is 1. The number of nitrogens with one attached hydrogen (secondary N) is 1. The topological polar surface area (TPSA) is 72.5 Å². The first-order valence-corrected chi connectivity index (χ1v) is 9.29. The van der Waals surface area contributed by atoms with Gasteiger partial charge in [0.1, 0.15) is 5.75 Å². The molecule has 1 saturated heterocycles. The van der Waals surface area contributed by atoms with Gasteiger partial charge in [-0.3, -0.25) is 4.79 Å². The zero-order valence-electron chi connectivity index (χ0n) is 13.3. The van der Waals surface area contributed by atoms with Gasteiger partial charge in [0.2, 0.25) is 5.91 Å². The van der Waals surface area contributed by atoms with Crippen LogP contribution in [0, 0.1) is 0 Å². The lowest BCUT2D eigenvalue weighted by atomic mass is 9.96. The Balaban J connectivity index is 1.99. The van der Waals surface area contributed by atoms with E-state index in [4.69, 9.17) is 4.74 Å². The lowest BCUT2D eigenvalue weighted by Gasteiger charge is -2.32. The van der Waals surface area contributed by atoms with Crippen LogP contribution < -0.4 is 10.1 Å². The zero-order chi connectivity index (χ0) is 17.2. The number of amides is 1. The molecule has 1 aliphatic heterocycles. The molecule has 1 N–H and O–H groups in total. The molecule has 1 amide bonds. The molecule has 2 aromatic carbocycles. The molecular formula is C18H19NO4S. The predicted octanol–water partition coefficient (Wildman–Crippen LogP) is 2.49. The van der Waals surface area contributed by atoms with Crippen LogP contribution in [0.4, 0.5) is 0 Å². The average molecular weight is 345 g/mol. The molecule has 6 heteroatoms. The van der Waals surface area contributed by atoms with E-state index >= 15 is 0 Å². The number of carbonyl (C=O) groups is 1. The first-order valence-electron chi connectivity index (χ1n) is 7.74. The van der Waals surface area contributed by atoms with Crippen LogP contribution >= 0.6 is 0 Å². The molecule has 5 nitrogen and oxygen atoms in total. The molecule has 0 aliphatic carbocycles. The predicted molar refractivity (Wildman–Crippen MR) is 90.5 cm³/mol. The summed E-state index contributed by atoms with van der Waals surface area (Å²) in [6.07, 6.45) is 0.517. The number of rotatable bonds is 4. The molecule has 1 heterocycles. The molecule has 0 unspecified atom stereocenters. The zero-order valence-corrected chi connectivity index (χ0v) is 14.1. The molecule has 0 spiro atoms. The Hall–Kier alpha value is -2.34. The summed E-state index contributed by atoms with van der Waals surface area (Å²) in [6.45, 7) is 0. The average Bonchev–Trinajstić information content (AvgIpc) is 2.62. The van der Waals surface area contributed by atoms with Crippen LogP contribution in [0.25, 0.3) is 0 Å². The fraction of sp³-hybridized carbons (Fsp3) is 0.278. The number of hydrogen-bond acceptors (Lipinski definition) is 4. The Morgan fingerprint density at radius 1 is 1.04 bits per heavy atom. The van der Waals surface area contributed by atoms with Gasteiger partial charge in [-0.05, 0) is 36.2 Å². The third kappa shape index (κ3) is 3.14. The maximum atomic E-state index is 13.0. The third-order valence-electron chi connectivity index (χ3n) is 4.29. The summed E-state index contributed by atoms with van der Waals surface area (Å²) in [7, 11) is -1.97. The van der Waals surface area contributed by atoms with Crippen LogP contribution in [0.1, 0.15) is 24.4 Å². The first-order chi connectivity index (χ1) is 11.5. The first kappa shape index (κ1) is 16.5. The Labute approximate surface area is 141 Å². The highest BCUT2D eigenvalue weighted by atomic mass is 32.2. The number of sulfone groups is 1. The minimum Gasteiger partial charge on any atom is -0.497 e. The number of hydrogen-bond donors (Lipinski definition) is 1. The fourth-order valence-corrected chi connectivity index (χ4v) is 4.90. The molecule has 126 valence electrons. The Morgan fingerprint density at radius 2 is 1.71 bits per heavy atom. The van der Waals surface area contributed by atoms with E-state index in [0.717, 1.165) is 5.56 Å². The van der Waals surface area contributed by atoms with Crippen molar-refractivity contribution in [3.8, 4) is 5.75 Å². The molecule has 3 rings (SSSR count). The number of piperidine rings is 1.